The SMILES string of the molecule is C=CC[C@@H](C#Cc1ccc(OC)cc1)c1ccccc1OC. The molecule has 0 saturated heterocycles. The average molecular weight is 292 g/mol. The van der Waals surface area contributed by atoms with E-state index in [1.807, 2.05) is 48.5 Å². The third kappa shape index (κ3) is 3.93. The molecule has 0 saturated carbocycles. The number of allylic oxidation sites excluding steroid dienone is 1. The first-order valence-corrected chi connectivity index (χ1v) is 7.18. The van der Waals surface area contributed by atoms with E-state index in [2.05, 4.69) is 24.5 Å². The lowest BCUT2D eigenvalue weighted by Gasteiger charge is -2.13. The normalized spacial score (nSPS) is 11.0. The highest BCUT2D eigenvalue weighted by Gasteiger charge is 2.11. The molecule has 2 nitrogen and oxygen atoms in total. The van der Waals surface area contributed by atoms with Gasteiger partial charge in [0.25, 0.3) is 0 Å². The van der Waals surface area contributed by atoms with Gasteiger partial charge in [-0.15, -0.1) is 6.58 Å². The zero-order valence-electron chi connectivity index (χ0n) is 13.0. The fourth-order valence-corrected chi connectivity index (χ4v) is 2.23. The number of hydrogen-bond acceptors (Lipinski definition) is 2. The summed E-state index contributed by atoms with van der Waals surface area (Å²) in [4.78, 5) is 0. The van der Waals surface area contributed by atoms with Gasteiger partial charge in [-0.3, -0.25) is 0 Å². The summed E-state index contributed by atoms with van der Waals surface area (Å²) in [6.45, 7) is 3.83. The van der Waals surface area contributed by atoms with Crippen molar-refractivity contribution in [1.82, 2.24) is 0 Å². The molecule has 2 aromatic rings. The first-order valence-electron chi connectivity index (χ1n) is 7.18. The number of ether oxygens (including phenoxy) is 2. The summed E-state index contributed by atoms with van der Waals surface area (Å²) in [7, 11) is 3.34. The lowest BCUT2D eigenvalue weighted by atomic mass is 9.95. The van der Waals surface area contributed by atoms with Gasteiger partial charge in [0.2, 0.25) is 0 Å². The second kappa shape index (κ2) is 7.95. The van der Waals surface area contributed by atoms with Crippen LogP contribution in [0.5, 0.6) is 11.5 Å². The molecule has 2 heteroatoms. The van der Waals surface area contributed by atoms with Crippen molar-refractivity contribution in [3.63, 3.8) is 0 Å². The molecule has 0 aliphatic carbocycles. The fourth-order valence-electron chi connectivity index (χ4n) is 2.23. The topological polar surface area (TPSA) is 18.5 Å². The monoisotopic (exact) mass is 292 g/mol. The third-order valence-electron chi connectivity index (χ3n) is 3.40. The van der Waals surface area contributed by atoms with Gasteiger partial charge in [0.1, 0.15) is 11.5 Å². The highest BCUT2D eigenvalue weighted by atomic mass is 16.5. The van der Waals surface area contributed by atoms with Crippen LogP contribution in [0.25, 0.3) is 0 Å². The fraction of sp³-hybridized carbons (Fsp3) is 0.200. The van der Waals surface area contributed by atoms with E-state index in [4.69, 9.17) is 9.47 Å². The Morgan fingerprint density at radius 2 is 1.77 bits per heavy atom. The van der Waals surface area contributed by atoms with Gasteiger partial charge in [-0.2, -0.15) is 0 Å². The Bertz CT molecular complexity index is 675. The van der Waals surface area contributed by atoms with Crippen LogP contribution in [0.1, 0.15) is 23.5 Å². The van der Waals surface area contributed by atoms with Crippen LogP contribution in [-0.4, -0.2) is 14.2 Å². The Hall–Kier alpha value is -2.66. The van der Waals surface area contributed by atoms with Crippen molar-refractivity contribution in [1.29, 1.82) is 0 Å². The highest BCUT2D eigenvalue weighted by molar-refractivity contribution is 5.44. The van der Waals surface area contributed by atoms with Gasteiger partial charge >= 0.3 is 0 Å². The molecule has 22 heavy (non-hydrogen) atoms. The number of methoxy groups -OCH3 is 2. The summed E-state index contributed by atoms with van der Waals surface area (Å²) < 4.78 is 10.6. The van der Waals surface area contributed by atoms with Crippen molar-refractivity contribution < 1.29 is 9.47 Å². The van der Waals surface area contributed by atoms with Gasteiger partial charge in [-0.05, 0) is 36.8 Å². The van der Waals surface area contributed by atoms with Crippen LogP contribution in [0.3, 0.4) is 0 Å². The Morgan fingerprint density at radius 3 is 2.41 bits per heavy atom. The van der Waals surface area contributed by atoms with Crippen molar-refractivity contribution in [2.24, 2.45) is 0 Å². The number of rotatable bonds is 5. The Kier molecular flexibility index (Phi) is 5.68. The second-order valence-corrected chi connectivity index (χ2v) is 4.82. The average Bonchev–Trinajstić information content (AvgIpc) is 2.59. The summed E-state index contributed by atoms with van der Waals surface area (Å²) in [6, 6.07) is 15.7. The minimum atomic E-state index is 0.0655. The van der Waals surface area contributed by atoms with Gasteiger partial charge in [-0.25, -0.2) is 0 Å². The van der Waals surface area contributed by atoms with Crippen molar-refractivity contribution in [3.05, 3.63) is 72.3 Å². The molecule has 0 unspecified atom stereocenters. The van der Waals surface area contributed by atoms with Crippen LogP contribution >= 0.6 is 0 Å². The van der Waals surface area contributed by atoms with E-state index in [-0.39, 0.29) is 5.92 Å². The van der Waals surface area contributed by atoms with E-state index in [9.17, 15) is 0 Å². The van der Waals surface area contributed by atoms with E-state index in [0.717, 1.165) is 29.0 Å². The molecular weight excluding hydrogens is 272 g/mol. The Morgan fingerprint density at radius 1 is 1.05 bits per heavy atom. The van der Waals surface area contributed by atoms with Gasteiger partial charge in [0.05, 0.1) is 20.1 Å². The van der Waals surface area contributed by atoms with Crippen molar-refractivity contribution in [2.75, 3.05) is 14.2 Å². The van der Waals surface area contributed by atoms with Crippen LogP contribution in [0.4, 0.5) is 0 Å². The van der Waals surface area contributed by atoms with Crippen LogP contribution in [0.2, 0.25) is 0 Å². The van der Waals surface area contributed by atoms with Crippen LogP contribution in [-0.2, 0) is 0 Å². The number of hydrogen-bond donors (Lipinski definition) is 0. The lowest BCUT2D eigenvalue weighted by molar-refractivity contribution is 0.408. The zero-order chi connectivity index (χ0) is 15.8. The largest absolute Gasteiger partial charge is 0.497 e. The van der Waals surface area contributed by atoms with E-state index >= 15 is 0 Å². The molecule has 0 aliphatic heterocycles. The predicted molar refractivity (Wildman–Crippen MR) is 90.4 cm³/mol. The smallest absolute Gasteiger partial charge is 0.123 e. The molecule has 0 aromatic heterocycles. The second-order valence-electron chi connectivity index (χ2n) is 4.82. The van der Waals surface area contributed by atoms with Gasteiger partial charge < -0.3 is 9.47 Å². The van der Waals surface area contributed by atoms with E-state index < -0.39 is 0 Å². The molecule has 0 heterocycles. The van der Waals surface area contributed by atoms with Crippen LogP contribution in [0, 0.1) is 11.8 Å². The molecule has 0 spiro atoms. The summed E-state index contributed by atoms with van der Waals surface area (Å²) in [5.41, 5.74) is 2.05. The molecule has 0 aliphatic rings. The van der Waals surface area contributed by atoms with Gasteiger partial charge in [0.15, 0.2) is 0 Å². The van der Waals surface area contributed by atoms with E-state index in [1.165, 1.54) is 0 Å². The first-order chi connectivity index (χ1) is 10.8. The third-order valence-corrected chi connectivity index (χ3v) is 3.40. The van der Waals surface area contributed by atoms with Crippen molar-refractivity contribution in [3.8, 4) is 23.3 Å². The molecular formula is C20H20O2. The molecule has 0 radical (unpaired) electrons. The minimum absolute atomic E-state index is 0.0655. The molecule has 0 N–H and O–H groups in total. The predicted octanol–water partition coefficient (Wildman–Crippen LogP) is 4.42. The quantitative estimate of drug-likeness (QED) is 0.600. The standard InChI is InChI=1S/C20H20O2/c1-4-7-17(19-8-5-6-9-20(19)22-3)13-10-16-11-14-18(21-2)15-12-16/h4-6,8-9,11-12,14-15,17H,1,7H2,2-3H3/t17-/m0/s1. The Labute approximate surface area is 132 Å². The van der Waals surface area contributed by atoms with Gasteiger partial charge in [0, 0.05) is 11.1 Å². The zero-order valence-corrected chi connectivity index (χ0v) is 13.0. The molecule has 2 rings (SSSR count). The maximum absolute atomic E-state index is 5.44. The summed E-state index contributed by atoms with van der Waals surface area (Å²) in [5, 5.41) is 0. The van der Waals surface area contributed by atoms with Crippen molar-refractivity contribution in [2.45, 2.75) is 12.3 Å². The Balaban J connectivity index is 2.29. The first kappa shape index (κ1) is 15.7. The van der Waals surface area contributed by atoms with Crippen LogP contribution in [0.15, 0.2) is 61.2 Å². The van der Waals surface area contributed by atoms with E-state index in [1.54, 1.807) is 14.2 Å². The molecule has 0 fully saturated rings. The molecule has 2 aromatic carbocycles. The molecule has 1 atom stereocenters. The minimum Gasteiger partial charge on any atom is -0.497 e. The number of para-hydroxylation sites is 1. The number of benzene rings is 2. The molecule has 0 bridgehead atoms. The van der Waals surface area contributed by atoms with Crippen LogP contribution < -0.4 is 9.47 Å². The molecule has 112 valence electrons. The molecule has 0 amide bonds. The van der Waals surface area contributed by atoms with Gasteiger partial charge in [-0.1, -0.05) is 36.1 Å². The maximum Gasteiger partial charge on any atom is 0.123 e. The summed E-state index contributed by atoms with van der Waals surface area (Å²) in [6.07, 6.45) is 2.67. The van der Waals surface area contributed by atoms with E-state index in [0.29, 0.717) is 0 Å². The highest BCUT2D eigenvalue weighted by Crippen LogP contribution is 2.28. The summed E-state index contributed by atoms with van der Waals surface area (Å²) in [5.74, 6) is 8.30. The lowest BCUT2D eigenvalue weighted by Crippen LogP contribution is -1.98. The maximum atomic E-state index is 5.44. The van der Waals surface area contributed by atoms with Crippen molar-refractivity contribution >= 4 is 0 Å². The summed E-state index contributed by atoms with van der Waals surface area (Å²) >= 11 is 0.